The molecule has 0 bridgehead atoms. The van der Waals surface area contributed by atoms with E-state index in [1.807, 2.05) is 6.07 Å². The van der Waals surface area contributed by atoms with Gasteiger partial charge in [0.05, 0.1) is 17.7 Å². The van der Waals surface area contributed by atoms with Gasteiger partial charge < -0.3 is 10.1 Å². The van der Waals surface area contributed by atoms with Crippen LogP contribution in [-0.4, -0.2) is 25.3 Å². The summed E-state index contributed by atoms with van der Waals surface area (Å²) in [5.41, 5.74) is 1.07. The van der Waals surface area contributed by atoms with Crippen molar-refractivity contribution in [1.82, 2.24) is 5.32 Å². The highest BCUT2D eigenvalue weighted by atomic mass is 35.5. The van der Waals surface area contributed by atoms with E-state index in [1.165, 1.54) is 6.07 Å². The molecule has 0 saturated carbocycles. The summed E-state index contributed by atoms with van der Waals surface area (Å²) in [5.74, 6) is 0.155. The third kappa shape index (κ3) is 3.91. The van der Waals surface area contributed by atoms with Gasteiger partial charge in [0.1, 0.15) is 5.82 Å². The summed E-state index contributed by atoms with van der Waals surface area (Å²) < 4.78 is 18.8. The summed E-state index contributed by atoms with van der Waals surface area (Å²) in [4.78, 5) is 0. The zero-order chi connectivity index (χ0) is 13.8. The minimum atomic E-state index is -0.358. The van der Waals surface area contributed by atoms with Gasteiger partial charge in [0.15, 0.2) is 0 Å². The number of hydrogen-bond donors (Lipinski definition) is 1. The Kier molecular flexibility index (Phi) is 5.20. The number of rotatable bonds is 5. The molecule has 0 spiro atoms. The minimum Gasteiger partial charge on any atom is -0.378 e. The van der Waals surface area contributed by atoms with Crippen molar-refractivity contribution in [3.63, 3.8) is 0 Å². The maximum atomic E-state index is 13.2. The number of ether oxygens (including phenoxy) is 1. The van der Waals surface area contributed by atoms with Crippen LogP contribution in [-0.2, 0) is 11.2 Å². The van der Waals surface area contributed by atoms with E-state index in [0.717, 1.165) is 31.6 Å². The van der Waals surface area contributed by atoms with Crippen LogP contribution in [0.3, 0.4) is 0 Å². The standard InChI is InChI=1S/C15H21ClFNO/c1-3-18-15(12-6-10(2)19-9-12)8-11-4-5-14(17)13(16)7-11/h4-5,7,10,12,15,18H,3,6,8-9H2,1-2H3. The summed E-state index contributed by atoms with van der Waals surface area (Å²) in [6.45, 7) is 5.93. The lowest BCUT2D eigenvalue weighted by Crippen LogP contribution is -2.38. The summed E-state index contributed by atoms with van der Waals surface area (Å²) in [7, 11) is 0. The summed E-state index contributed by atoms with van der Waals surface area (Å²) >= 11 is 5.84. The summed E-state index contributed by atoms with van der Waals surface area (Å²) in [6, 6.07) is 5.33. The fourth-order valence-corrected chi connectivity index (χ4v) is 2.92. The minimum absolute atomic E-state index is 0.198. The summed E-state index contributed by atoms with van der Waals surface area (Å²) in [5, 5.41) is 3.71. The smallest absolute Gasteiger partial charge is 0.141 e. The molecule has 1 heterocycles. The fraction of sp³-hybridized carbons (Fsp3) is 0.600. The van der Waals surface area contributed by atoms with Crippen LogP contribution in [0, 0.1) is 11.7 Å². The predicted octanol–water partition coefficient (Wildman–Crippen LogP) is 3.42. The quantitative estimate of drug-likeness (QED) is 0.895. The molecule has 106 valence electrons. The van der Waals surface area contributed by atoms with Crippen LogP contribution in [0.5, 0.6) is 0 Å². The lowest BCUT2D eigenvalue weighted by atomic mass is 9.91. The van der Waals surface area contributed by atoms with E-state index >= 15 is 0 Å². The molecular weight excluding hydrogens is 265 g/mol. The highest BCUT2D eigenvalue weighted by Crippen LogP contribution is 2.25. The molecule has 1 aliphatic rings. The van der Waals surface area contributed by atoms with Crippen molar-refractivity contribution in [2.45, 2.75) is 38.8 Å². The molecule has 0 amide bonds. The molecule has 19 heavy (non-hydrogen) atoms. The van der Waals surface area contributed by atoms with Crippen molar-refractivity contribution in [3.8, 4) is 0 Å². The van der Waals surface area contributed by atoms with E-state index in [4.69, 9.17) is 16.3 Å². The van der Waals surface area contributed by atoms with Gasteiger partial charge in [-0.1, -0.05) is 24.6 Å². The Balaban J connectivity index is 2.05. The van der Waals surface area contributed by atoms with Crippen molar-refractivity contribution < 1.29 is 9.13 Å². The van der Waals surface area contributed by atoms with E-state index in [2.05, 4.69) is 19.2 Å². The monoisotopic (exact) mass is 285 g/mol. The molecule has 1 aromatic rings. The molecule has 2 rings (SSSR count). The van der Waals surface area contributed by atoms with Gasteiger partial charge in [0.2, 0.25) is 0 Å². The zero-order valence-electron chi connectivity index (χ0n) is 11.5. The van der Waals surface area contributed by atoms with Crippen molar-refractivity contribution >= 4 is 11.6 Å². The van der Waals surface area contributed by atoms with Crippen molar-refractivity contribution in [2.24, 2.45) is 5.92 Å². The Morgan fingerprint density at radius 2 is 2.32 bits per heavy atom. The van der Waals surface area contributed by atoms with Gasteiger partial charge in [0, 0.05) is 12.0 Å². The van der Waals surface area contributed by atoms with Gasteiger partial charge in [-0.15, -0.1) is 0 Å². The van der Waals surface area contributed by atoms with Crippen LogP contribution in [0.25, 0.3) is 0 Å². The van der Waals surface area contributed by atoms with E-state index in [1.54, 1.807) is 6.07 Å². The summed E-state index contributed by atoms with van der Waals surface area (Å²) in [6.07, 6.45) is 2.27. The Labute approximate surface area is 119 Å². The van der Waals surface area contributed by atoms with Crippen LogP contribution in [0.1, 0.15) is 25.8 Å². The van der Waals surface area contributed by atoms with Gasteiger partial charge in [-0.05, 0) is 44.0 Å². The lowest BCUT2D eigenvalue weighted by molar-refractivity contribution is 0.117. The predicted molar refractivity (Wildman–Crippen MR) is 76.1 cm³/mol. The molecule has 0 aromatic heterocycles. The molecule has 0 aliphatic carbocycles. The van der Waals surface area contributed by atoms with E-state index < -0.39 is 0 Å². The van der Waals surface area contributed by atoms with Crippen LogP contribution in [0.4, 0.5) is 4.39 Å². The first-order valence-corrected chi connectivity index (χ1v) is 7.26. The molecule has 3 atom stereocenters. The third-order valence-corrected chi connectivity index (χ3v) is 3.99. The van der Waals surface area contributed by atoms with Gasteiger partial charge in [0.25, 0.3) is 0 Å². The Bertz CT molecular complexity index is 427. The number of halogens is 2. The number of likely N-dealkylation sites (N-methyl/N-ethyl adjacent to an activating group) is 1. The molecular formula is C15H21ClFNO. The highest BCUT2D eigenvalue weighted by Gasteiger charge is 2.29. The number of nitrogens with one attached hydrogen (secondary N) is 1. The zero-order valence-corrected chi connectivity index (χ0v) is 12.2. The lowest BCUT2D eigenvalue weighted by Gasteiger charge is -2.23. The third-order valence-electron chi connectivity index (χ3n) is 3.70. The number of hydrogen-bond acceptors (Lipinski definition) is 2. The average molecular weight is 286 g/mol. The second-order valence-electron chi connectivity index (χ2n) is 5.26. The van der Waals surface area contributed by atoms with Crippen LogP contribution >= 0.6 is 11.6 Å². The second kappa shape index (κ2) is 6.69. The molecule has 1 saturated heterocycles. The van der Waals surface area contributed by atoms with Gasteiger partial charge >= 0.3 is 0 Å². The van der Waals surface area contributed by atoms with Crippen molar-refractivity contribution in [1.29, 1.82) is 0 Å². The van der Waals surface area contributed by atoms with E-state index in [0.29, 0.717) is 18.1 Å². The largest absolute Gasteiger partial charge is 0.378 e. The topological polar surface area (TPSA) is 21.3 Å². The molecule has 1 fully saturated rings. The highest BCUT2D eigenvalue weighted by molar-refractivity contribution is 6.30. The van der Waals surface area contributed by atoms with Crippen molar-refractivity contribution in [2.75, 3.05) is 13.2 Å². The molecule has 1 aromatic carbocycles. The fourth-order valence-electron chi connectivity index (χ4n) is 2.72. The average Bonchev–Trinajstić information content (AvgIpc) is 2.80. The SMILES string of the molecule is CCNC(Cc1ccc(F)c(Cl)c1)C1COC(C)C1. The first-order chi connectivity index (χ1) is 9.10. The molecule has 0 radical (unpaired) electrons. The van der Waals surface area contributed by atoms with E-state index in [-0.39, 0.29) is 10.8 Å². The first kappa shape index (κ1) is 14.8. The molecule has 4 heteroatoms. The van der Waals surface area contributed by atoms with Crippen LogP contribution < -0.4 is 5.32 Å². The van der Waals surface area contributed by atoms with Gasteiger partial charge in [-0.2, -0.15) is 0 Å². The van der Waals surface area contributed by atoms with Gasteiger partial charge in [-0.25, -0.2) is 4.39 Å². The number of benzene rings is 1. The second-order valence-corrected chi connectivity index (χ2v) is 5.66. The molecule has 3 unspecified atom stereocenters. The van der Waals surface area contributed by atoms with Crippen LogP contribution in [0.15, 0.2) is 18.2 Å². The van der Waals surface area contributed by atoms with Crippen LogP contribution in [0.2, 0.25) is 5.02 Å². The molecule has 2 nitrogen and oxygen atoms in total. The Morgan fingerprint density at radius 1 is 1.53 bits per heavy atom. The maximum Gasteiger partial charge on any atom is 0.141 e. The first-order valence-electron chi connectivity index (χ1n) is 6.89. The maximum absolute atomic E-state index is 13.2. The normalized spacial score (nSPS) is 24.6. The Morgan fingerprint density at radius 3 is 2.89 bits per heavy atom. The van der Waals surface area contributed by atoms with Crippen molar-refractivity contribution in [3.05, 3.63) is 34.6 Å². The Hall–Kier alpha value is -0.640. The molecule has 1 N–H and O–H groups in total. The molecule has 1 aliphatic heterocycles. The van der Waals surface area contributed by atoms with E-state index in [9.17, 15) is 4.39 Å². The van der Waals surface area contributed by atoms with Gasteiger partial charge in [-0.3, -0.25) is 0 Å².